The largest absolute Gasteiger partial charge is 0.441 e. The first kappa shape index (κ1) is 13.8. The van der Waals surface area contributed by atoms with Gasteiger partial charge in [-0.15, -0.1) is 0 Å². The molecule has 0 saturated carbocycles. The number of oxazole rings is 1. The first-order valence-corrected chi connectivity index (χ1v) is 6.96. The SMILES string of the molecule is Cc1nc2cc(NC(=O)c3ccc(Br)c(F)c3)ccc2o1. The number of carbonyl (C=O) groups is 1. The molecule has 21 heavy (non-hydrogen) atoms. The number of amides is 1. The molecule has 0 unspecified atom stereocenters. The molecule has 0 spiro atoms. The van der Waals surface area contributed by atoms with E-state index in [9.17, 15) is 9.18 Å². The fraction of sp³-hybridized carbons (Fsp3) is 0.0667. The van der Waals surface area contributed by atoms with Crippen LogP contribution in [0, 0.1) is 12.7 Å². The Morgan fingerprint density at radius 3 is 2.86 bits per heavy atom. The normalized spacial score (nSPS) is 10.8. The highest BCUT2D eigenvalue weighted by Gasteiger charge is 2.10. The van der Waals surface area contributed by atoms with Crippen molar-refractivity contribution in [3.05, 3.63) is 58.1 Å². The van der Waals surface area contributed by atoms with Gasteiger partial charge in [-0.1, -0.05) is 0 Å². The van der Waals surface area contributed by atoms with Gasteiger partial charge in [-0.2, -0.15) is 0 Å². The van der Waals surface area contributed by atoms with E-state index in [1.807, 2.05) is 0 Å². The van der Waals surface area contributed by atoms with Crippen molar-refractivity contribution in [3.63, 3.8) is 0 Å². The lowest BCUT2D eigenvalue weighted by Gasteiger charge is -2.05. The third kappa shape index (κ3) is 2.80. The van der Waals surface area contributed by atoms with Gasteiger partial charge in [-0.25, -0.2) is 9.37 Å². The molecule has 0 fully saturated rings. The van der Waals surface area contributed by atoms with Gasteiger partial charge in [-0.05, 0) is 52.3 Å². The van der Waals surface area contributed by atoms with Gasteiger partial charge in [0.1, 0.15) is 11.3 Å². The average molecular weight is 349 g/mol. The lowest BCUT2D eigenvalue weighted by Crippen LogP contribution is -2.12. The minimum absolute atomic E-state index is 0.243. The quantitative estimate of drug-likeness (QED) is 0.751. The molecule has 0 aliphatic heterocycles. The van der Waals surface area contributed by atoms with Crippen LogP contribution in [-0.2, 0) is 0 Å². The van der Waals surface area contributed by atoms with Crippen LogP contribution in [0.5, 0.6) is 0 Å². The van der Waals surface area contributed by atoms with Gasteiger partial charge in [-0.3, -0.25) is 4.79 Å². The molecular formula is C15H10BrFN2O2. The van der Waals surface area contributed by atoms with Crippen LogP contribution in [0.4, 0.5) is 10.1 Å². The molecule has 3 aromatic rings. The molecule has 6 heteroatoms. The van der Waals surface area contributed by atoms with Gasteiger partial charge >= 0.3 is 0 Å². The minimum Gasteiger partial charge on any atom is -0.441 e. The molecule has 0 aliphatic carbocycles. The number of benzene rings is 2. The van der Waals surface area contributed by atoms with Crippen molar-refractivity contribution in [2.45, 2.75) is 6.92 Å². The topological polar surface area (TPSA) is 55.1 Å². The molecule has 0 atom stereocenters. The van der Waals surface area contributed by atoms with Crippen molar-refractivity contribution in [3.8, 4) is 0 Å². The number of nitrogens with one attached hydrogen (secondary N) is 1. The number of halogens is 2. The molecule has 1 aromatic heterocycles. The van der Waals surface area contributed by atoms with E-state index >= 15 is 0 Å². The van der Waals surface area contributed by atoms with E-state index in [4.69, 9.17) is 4.42 Å². The first-order valence-electron chi connectivity index (χ1n) is 6.16. The molecule has 0 bridgehead atoms. The van der Waals surface area contributed by atoms with Crippen LogP contribution in [0.2, 0.25) is 0 Å². The highest BCUT2D eigenvalue weighted by molar-refractivity contribution is 9.10. The van der Waals surface area contributed by atoms with E-state index in [-0.39, 0.29) is 11.5 Å². The number of hydrogen-bond acceptors (Lipinski definition) is 3. The Morgan fingerprint density at radius 1 is 1.29 bits per heavy atom. The van der Waals surface area contributed by atoms with E-state index in [1.54, 1.807) is 31.2 Å². The molecule has 0 saturated heterocycles. The standard InChI is InChI=1S/C15H10BrFN2O2/c1-8-18-13-7-10(3-5-14(13)21-8)19-15(20)9-2-4-11(16)12(17)6-9/h2-7H,1H3,(H,19,20). The zero-order chi connectivity index (χ0) is 15.0. The summed E-state index contributed by atoms with van der Waals surface area (Å²) in [4.78, 5) is 16.3. The Kier molecular flexibility index (Phi) is 3.47. The third-order valence-corrected chi connectivity index (χ3v) is 3.58. The summed E-state index contributed by atoms with van der Waals surface area (Å²) in [5.41, 5.74) is 2.13. The summed E-state index contributed by atoms with van der Waals surface area (Å²) >= 11 is 3.05. The second kappa shape index (κ2) is 5.29. The number of anilines is 1. The monoisotopic (exact) mass is 348 g/mol. The maximum absolute atomic E-state index is 13.4. The number of fused-ring (bicyclic) bond motifs is 1. The fourth-order valence-corrected chi connectivity index (χ4v) is 2.21. The highest BCUT2D eigenvalue weighted by Crippen LogP contribution is 2.21. The summed E-state index contributed by atoms with van der Waals surface area (Å²) in [6, 6.07) is 9.36. The Bertz CT molecular complexity index is 845. The summed E-state index contributed by atoms with van der Waals surface area (Å²) in [6.07, 6.45) is 0. The molecule has 4 nitrogen and oxygen atoms in total. The molecular weight excluding hydrogens is 339 g/mol. The Balaban J connectivity index is 1.86. The number of aryl methyl sites for hydroxylation is 1. The van der Waals surface area contributed by atoms with E-state index < -0.39 is 5.82 Å². The number of hydrogen-bond donors (Lipinski definition) is 1. The summed E-state index contributed by atoms with van der Waals surface area (Å²) in [7, 11) is 0. The molecule has 2 aromatic carbocycles. The van der Waals surface area contributed by atoms with Crippen molar-refractivity contribution in [1.29, 1.82) is 0 Å². The van der Waals surface area contributed by atoms with Gasteiger partial charge in [0.2, 0.25) is 0 Å². The lowest BCUT2D eigenvalue weighted by molar-refractivity contribution is 0.102. The summed E-state index contributed by atoms with van der Waals surface area (Å²) in [5.74, 6) is -0.311. The second-order valence-corrected chi connectivity index (χ2v) is 5.35. The van der Waals surface area contributed by atoms with Crippen molar-refractivity contribution < 1.29 is 13.6 Å². The highest BCUT2D eigenvalue weighted by atomic mass is 79.9. The van der Waals surface area contributed by atoms with Crippen LogP contribution >= 0.6 is 15.9 Å². The summed E-state index contributed by atoms with van der Waals surface area (Å²) in [6.45, 7) is 1.75. The van der Waals surface area contributed by atoms with Crippen LogP contribution in [0.3, 0.4) is 0 Å². The van der Waals surface area contributed by atoms with Crippen molar-refractivity contribution in [2.75, 3.05) is 5.32 Å². The predicted molar refractivity (Wildman–Crippen MR) is 80.8 cm³/mol. The predicted octanol–water partition coefficient (Wildman–Crippen LogP) is 4.29. The average Bonchev–Trinajstić information content (AvgIpc) is 2.81. The van der Waals surface area contributed by atoms with E-state index in [1.165, 1.54) is 12.1 Å². The third-order valence-electron chi connectivity index (χ3n) is 2.93. The van der Waals surface area contributed by atoms with E-state index in [0.717, 1.165) is 0 Å². The van der Waals surface area contributed by atoms with Crippen molar-refractivity contribution in [2.24, 2.45) is 0 Å². The zero-order valence-electron chi connectivity index (χ0n) is 11.0. The van der Waals surface area contributed by atoms with Gasteiger partial charge in [0.25, 0.3) is 5.91 Å². The number of rotatable bonds is 2. The molecule has 0 aliphatic rings. The smallest absolute Gasteiger partial charge is 0.255 e. The number of carbonyl (C=O) groups excluding carboxylic acids is 1. The summed E-state index contributed by atoms with van der Waals surface area (Å²) in [5, 5.41) is 2.70. The van der Waals surface area contributed by atoms with Crippen LogP contribution in [-0.4, -0.2) is 10.9 Å². The van der Waals surface area contributed by atoms with Gasteiger partial charge in [0.15, 0.2) is 11.5 Å². The van der Waals surface area contributed by atoms with Crippen LogP contribution < -0.4 is 5.32 Å². The second-order valence-electron chi connectivity index (χ2n) is 4.50. The lowest BCUT2D eigenvalue weighted by atomic mass is 10.2. The Labute approximate surface area is 128 Å². The molecule has 0 radical (unpaired) electrons. The van der Waals surface area contributed by atoms with E-state index in [0.29, 0.717) is 27.2 Å². The number of nitrogens with zero attached hydrogens (tertiary/aromatic N) is 1. The molecule has 1 amide bonds. The molecule has 106 valence electrons. The van der Waals surface area contributed by atoms with Crippen LogP contribution in [0.15, 0.2) is 45.3 Å². The Hall–Kier alpha value is -2.21. The molecule has 1 heterocycles. The van der Waals surface area contributed by atoms with Crippen LogP contribution in [0.1, 0.15) is 16.2 Å². The minimum atomic E-state index is -0.481. The molecule has 3 rings (SSSR count). The maximum Gasteiger partial charge on any atom is 0.255 e. The van der Waals surface area contributed by atoms with Gasteiger partial charge < -0.3 is 9.73 Å². The molecule has 1 N–H and O–H groups in total. The fourth-order valence-electron chi connectivity index (χ4n) is 1.96. The summed E-state index contributed by atoms with van der Waals surface area (Å²) < 4.78 is 19.1. The van der Waals surface area contributed by atoms with Gasteiger partial charge in [0, 0.05) is 18.2 Å². The maximum atomic E-state index is 13.4. The van der Waals surface area contributed by atoms with Crippen LogP contribution in [0.25, 0.3) is 11.1 Å². The van der Waals surface area contributed by atoms with Crippen molar-refractivity contribution in [1.82, 2.24) is 4.98 Å². The first-order chi connectivity index (χ1) is 10.0. The Morgan fingerprint density at radius 2 is 2.10 bits per heavy atom. The van der Waals surface area contributed by atoms with Gasteiger partial charge in [0.05, 0.1) is 4.47 Å². The number of aromatic nitrogens is 1. The zero-order valence-corrected chi connectivity index (χ0v) is 12.6. The van der Waals surface area contributed by atoms with E-state index in [2.05, 4.69) is 26.2 Å². The van der Waals surface area contributed by atoms with Crippen molar-refractivity contribution >= 4 is 38.6 Å².